The molecule has 2 saturated carbocycles. The minimum absolute atomic E-state index is 0.0305. The molecule has 0 saturated heterocycles. The molecular weight excluding hydrogens is 254 g/mol. The van der Waals surface area contributed by atoms with Crippen molar-refractivity contribution in [1.82, 2.24) is 5.32 Å². The Kier molecular flexibility index (Phi) is 2.83. The van der Waals surface area contributed by atoms with Crippen molar-refractivity contribution in [2.45, 2.75) is 37.8 Å². The Balaban J connectivity index is 1.40. The third-order valence-electron chi connectivity index (χ3n) is 4.87. The van der Waals surface area contributed by atoms with E-state index in [1.165, 1.54) is 19.3 Å². The molecule has 4 atom stereocenters. The lowest BCUT2D eigenvalue weighted by atomic mass is 9.95. The van der Waals surface area contributed by atoms with Gasteiger partial charge >= 0.3 is 0 Å². The van der Waals surface area contributed by atoms with E-state index in [2.05, 4.69) is 5.32 Å². The Hall–Kier alpha value is -1.71. The average Bonchev–Trinajstić information content (AvgIpc) is 3.09. The molecule has 0 spiro atoms. The molecule has 0 unspecified atom stereocenters. The molecule has 0 aromatic heterocycles. The first-order chi connectivity index (χ1) is 9.79. The van der Waals surface area contributed by atoms with Gasteiger partial charge in [0.1, 0.15) is 6.61 Å². The second kappa shape index (κ2) is 4.69. The highest BCUT2D eigenvalue weighted by molar-refractivity contribution is 5.82. The van der Waals surface area contributed by atoms with Crippen molar-refractivity contribution in [2.75, 3.05) is 6.61 Å². The number of fused-ring (bicyclic) bond motifs is 3. The molecule has 2 fully saturated rings. The van der Waals surface area contributed by atoms with Gasteiger partial charge in [-0.05, 0) is 43.2 Å². The monoisotopic (exact) mass is 273 g/mol. The van der Waals surface area contributed by atoms with E-state index >= 15 is 0 Å². The molecule has 1 heterocycles. The van der Waals surface area contributed by atoms with E-state index in [1.54, 1.807) is 0 Å². The zero-order valence-electron chi connectivity index (χ0n) is 11.4. The van der Waals surface area contributed by atoms with Crippen LogP contribution in [-0.2, 0) is 4.79 Å². The molecule has 4 rings (SSSR count). The summed E-state index contributed by atoms with van der Waals surface area (Å²) >= 11 is 0. The lowest BCUT2D eigenvalue weighted by Crippen LogP contribution is -2.49. The highest BCUT2D eigenvalue weighted by atomic mass is 16.6. The van der Waals surface area contributed by atoms with E-state index in [9.17, 15) is 4.79 Å². The number of ether oxygens (including phenoxy) is 2. The molecule has 2 bridgehead atoms. The van der Waals surface area contributed by atoms with Gasteiger partial charge in [-0.3, -0.25) is 4.79 Å². The van der Waals surface area contributed by atoms with Crippen LogP contribution in [-0.4, -0.2) is 24.7 Å². The minimum atomic E-state index is -0.524. The number of nitrogens with one attached hydrogen (secondary N) is 1. The van der Waals surface area contributed by atoms with Crippen LogP contribution in [0.3, 0.4) is 0 Å². The first-order valence-electron chi connectivity index (χ1n) is 7.48. The van der Waals surface area contributed by atoms with Crippen molar-refractivity contribution >= 4 is 5.91 Å². The zero-order chi connectivity index (χ0) is 13.5. The fourth-order valence-corrected chi connectivity index (χ4v) is 3.85. The van der Waals surface area contributed by atoms with Crippen molar-refractivity contribution in [3.8, 4) is 11.5 Å². The maximum atomic E-state index is 12.3. The minimum Gasteiger partial charge on any atom is -0.485 e. The van der Waals surface area contributed by atoms with Crippen LogP contribution >= 0.6 is 0 Å². The number of hydrogen-bond acceptors (Lipinski definition) is 3. The van der Waals surface area contributed by atoms with E-state index in [1.807, 2.05) is 24.3 Å². The van der Waals surface area contributed by atoms with Gasteiger partial charge in [-0.2, -0.15) is 0 Å². The van der Waals surface area contributed by atoms with Gasteiger partial charge in [0, 0.05) is 6.04 Å². The van der Waals surface area contributed by atoms with Gasteiger partial charge in [0.05, 0.1) is 0 Å². The molecule has 1 aromatic rings. The van der Waals surface area contributed by atoms with E-state index in [-0.39, 0.29) is 5.91 Å². The van der Waals surface area contributed by atoms with E-state index in [4.69, 9.17) is 9.47 Å². The largest absolute Gasteiger partial charge is 0.485 e. The molecule has 20 heavy (non-hydrogen) atoms. The van der Waals surface area contributed by atoms with Gasteiger partial charge in [-0.25, -0.2) is 0 Å². The molecule has 4 heteroatoms. The number of rotatable bonds is 2. The van der Waals surface area contributed by atoms with Crippen molar-refractivity contribution in [3.05, 3.63) is 24.3 Å². The summed E-state index contributed by atoms with van der Waals surface area (Å²) in [7, 11) is 0. The van der Waals surface area contributed by atoms with Gasteiger partial charge in [-0.15, -0.1) is 0 Å². The van der Waals surface area contributed by atoms with Crippen LogP contribution in [0.2, 0.25) is 0 Å². The molecule has 1 N–H and O–H groups in total. The Labute approximate surface area is 118 Å². The number of benzene rings is 1. The smallest absolute Gasteiger partial charge is 0.264 e. The first kappa shape index (κ1) is 12.1. The summed E-state index contributed by atoms with van der Waals surface area (Å²) in [5, 5.41) is 3.17. The molecule has 3 aliphatic rings. The average molecular weight is 273 g/mol. The van der Waals surface area contributed by atoms with Crippen LogP contribution in [0.4, 0.5) is 0 Å². The van der Waals surface area contributed by atoms with Crippen LogP contribution in [0.15, 0.2) is 24.3 Å². The van der Waals surface area contributed by atoms with Gasteiger partial charge in [-0.1, -0.05) is 18.6 Å². The van der Waals surface area contributed by atoms with E-state index < -0.39 is 6.10 Å². The van der Waals surface area contributed by atoms with Crippen molar-refractivity contribution in [2.24, 2.45) is 11.8 Å². The summed E-state index contributed by atoms with van der Waals surface area (Å²) in [5.74, 6) is 2.86. The normalized spacial score (nSPS) is 34.0. The van der Waals surface area contributed by atoms with Crippen molar-refractivity contribution < 1.29 is 14.3 Å². The quantitative estimate of drug-likeness (QED) is 0.898. The molecular formula is C16H19NO3. The molecule has 4 nitrogen and oxygen atoms in total. The summed E-state index contributed by atoms with van der Waals surface area (Å²) in [6.07, 6.45) is 4.51. The second-order valence-corrected chi connectivity index (χ2v) is 6.15. The summed E-state index contributed by atoms with van der Waals surface area (Å²) in [6.45, 7) is 0.295. The molecule has 0 radical (unpaired) electrons. The van der Waals surface area contributed by atoms with E-state index in [0.717, 1.165) is 18.1 Å². The second-order valence-electron chi connectivity index (χ2n) is 6.15. The third-order valence-corrected chi connectivity index (χ3v) is 4.87. The first-order valence-corrected chi connectivity index (χ1v) is 7.48. The number of amides is 1. The number of carbonyl (C=O) groups excluding carboxylic acids is 1. The molecule has 106 valence electrons. The van der Waals surface area contributed by atoms with E-state index in [0.29, 0.717) is 24.3 Å². The third kappa shape index (κ3) is 2.03. The van der Waals surface area contributed by atoms with Crippen LogP contribution in [0.5, 0.6) is 11.5 Å². The van der Waals surface area contributed by atoms with Crippen molar-refractivity contribution in [3.63, 3.8) is 0 Å². The molecule has 1 aromatic carbocycles. The fraction of sp³-hybridized carbons (Fsp3) is 0.562. The predicted molar refractivity (Wildman–Crippen MR) is 73.7 cm³/mol. The Morgan fingerprint density at radius 2 is 2.00 bits per heavy atom. The van der Waals surface area contributed by atoms with Gasteiger partial charge in [0.2, 0.25) is 6.10 Å². The lowest BCUT2D eigenvalue weighted by molar-refractivity contribution is -0.131. The summed E-state index contributed by atoms with van der Waals surface area (Å²) in [6, 6.07) is 7.84. The topological polar surface area (TPSA) is 47.6 Å². The highest BCUT2D eigenvalue weighted by Crippen LogP contribution is 2.44. The number of hydrogen-bond donors (Lipinski definition) is 1. The Bertz CT molecular complexity index is 530. The van der Waals surface area contributed by atoms with Crippen LogP contribution < -0.4 is 14.8 Å². The van der Waals surface area contributed by atoms with Gasteiger partial charge in [0.25, 0.3) is 5.91 Å². The summed E-state index contributed by atoms with van der Waals surface area (Å²) in [4.78, 5) is 12.3. The number of para-hydroxylation sites is 2. The van der Waals surface area contributed by atoms with Gasteiger partial charge in [0.15, 0.2) is 11.5 Å². The molecule has 1 amide bonds. The fourth-order valence-electron chi connectivity index (χ4n) is 3.85. The zero-order valence-corrected chi connectivity index (χ0v) is 11.4. The van der Waals surface area contributed by atoms with Gasteiger partial charge < -0.3 is 14.8 Å². The maximum absolute atomic E-state index is 12.3. The predicted octanol–water partition coefficient (Wildman–Crippen LogP) is 2.13. The van der Waals surface area contributed by atoms with Crippen molar-refractivity contribution in [1.29, 1.82) is 0 Å². The van der Waals surface area contributed by atoms with Crippen LogP contribution in [0.1, 0.15) is 25.7 Å². The Morgan fingerprint density at radius 3 is 2.75 bits per heavy atom. The highest BCUT2D eigenvalue weighted by Gasteiger charge is 2.41. The number of carbonyl (C=O) groups is 1. The Morgan fingerprint density at radius 1 is 1.15 bits per heavy atom. The van der Waals surface area contributed by atoms with Crippen LogP contribution in [0.25, 0.3) is 0 Å². The standard InChI is InChI=1S/C16H19NO3/c18-16(17-12-8-10-5-6-11(12)7-10)15-9-19-13-3-1-2-4-14(13)20-15/h1-4,10-12,15H,5-9H2,(H,17,18)/t10-,11-,12+,15+/m1/s1. The summed E-state index contributed by atoms with van der Waals surface area (Å²) < 4.78 is 11.3. The lowest BCUT2D eigenvalue weighted by Gasteiger charge is -2.29. The SMILES string of the molecule is O=C(N[C@H]1C[C@@H]2CC[C@@H]1C2)[C@@H]1COc2ccccc2O1. The van der Waals surface area contributed by atoms with Crippen LogP contribution in [0, 0.1) is 11.8 Å². The summed E-state index contributed by atoms with van der Waals surface area (Å²) in [5.41, 5.74) is 0. The molecule has 2 aliphatic carbocycles. The molecule has 1 aliphatic heterocycles. The maximum Gasteiger partial charge on any atom is 0.264 e.